The number of rotatable bonds is 2. The molecule has 2 unspecified atom stereocenters. The van der Waals surface area contributed by atoms with Crippen molar-refractivity contribution in [2.45, 2.75) is 52.0 Å². The Bertz CT molecular complexity index is 439. The molecule has 0 radical (unpaired) electrons. The molecule has 18 heavy (non-hydrogen) atoms. The molecular formula is C14H22N2OS. The number of nitrogens with one attached hydrogen (secondary N) is 1. The summed E-state index contributed by atoms with van der Waals surface area (Å²) in [6, 6.07) is -0.0630. The first-order chi connectivity index (χ1) is 8.45. The Morgan fingerprint density at radius 1 is 1.50 bits per heavy atom. The van der Waals surface area contributed by atoms with Crippen molar-refractivity contribution >= 4 is 17.1 Å². The summed E-state index contributed by atoms with van der Waals surface area (Å²) in [5, 5.41) is 6.30. The van der Waals surface area contributed by atoms with Crippen LogP contribution in [0.5, 0.6) is 0 Å². The zero-order valence-corrected chi connectivity index (χ0v) is 12.4. The Morgan fingerprint density at radius 2 is 2.22 bits per heavy atom. The van der Waals surface area contributed by atoms with Gasteiger partial charge in [0, 0.05) is 5.38 Å². The maximum absolute atomic E-state index is 12.7. The third kappa shape index (κ3) is 2.50. The van der Waals surface area contributed by atoms with Gasteiger partial charge in [-0.3, -0.25) is 4.79 Å². The number of likely N-dealkylation sites (N-methyl/N-ethyl adjacent to an activating group) is 1. The first kappa shape index (κ1) is 13.7. The summed E-state index contributed by atoms with van der Waals surface area (Å²) in [6.07, 6.45) is 3.12. The average molecular weight is 266 g/mol. The van der Waals surface area contributed by atoms with E-state index < -0.39 is 0 Å². The smallest absolute Gasteiger partial charge is 0.159 e. The predicted molar refractivity (Wildman–Crippen MR) is 75.1 cm³/mol. The number of hydrogen-bond acceptors (Lipinski definition) is 4. The maximum atomic E-state index is 12.7. The summed E-state index contributed by atoms with van der Waals surface area (Å²) in [5.74, 6) is 0.291. The molecule has 0 spiro atoms. The van der Waals surface area contributed by atoms with Gasteiger partial charge in [0.1, 0.15) is 0 Å². The lowest BCUT2D eigenvalue weighted by Crippen LogP contribution is -2.46. The van der Waals surface area contributed by atoms with Crippen molar-refractivity contribution in [3.8, 4) is 0 Å². The number of hydrogen-bond donors (Lipinski definition) is 1. The third-order valence-corrected chi connectivity index (χ3v) is 4.80. The van der Waals surface area contributed by atoms with Crippen LogP contribution in [0.4, 0.5) is 0 Å². The van der Waals surface area contributed by atoms with Crippen LogP contribution in [0.1, 0.15) is 49.7 Å². The van der Waals surface area contributed by atoms with Gasteiger partial charge in [0.25, 0.3) is 0 Å². The summed E-state index contributed by atoms with van der Waals surface area (Å²) in [6.45, 7) is 6.36. The Hall–Kier alpha value is -0.740. The van der Waals surface area contributed by atoms with Gasteiger partial charge in [-0.1, -0.05) is 20.3 Å². The molecule has 1 N–H and O–H groups in total. The molecule has 1 aromatic heterocycles. The quantitative estimate of drug-likeness (QED) is 0.837. The second-order valence-electron chi connectivity index (χ2n) is 5.85. The fourth-order valence-electron chi connectivity index (χ4n) is 3.00. The van der Waals surface area contributed by atoms with Gasteiger partial charge in [-0.2, -0.15) is 0 Å². The van der Waals surface area contributed by atoms with Crippen molar-refractivity contribution in [2.75, 3.05) is 7.05 Å². The highest BCUT2D eigenvalue weighted by atomic mass is 32.1. The molecule has 4 heteroatoms. The van der Waals surface area contributed by atoms with Crippen LogP contribution in [0.2, 0.25) is 0 Å². The molecule has 0 amide bonds. The minimum Gasteiger partial charge on any atom is -0.310 e. The first-order valence-electron chi connectivity index (χ1n) is 6.59. The molecular weight excluding hydrogens is 244 g/mol. The minimum absolute atomic E-state index is 0.0193. The highest BCUT2D eigenvalue weighted by Gasteiger charge is 2.40. The van der Waals surface area contributed by atoms with E-state index in [2.05, 4.69) is 24.1 Å². The van der Waals surface area contributed by atoms with Crippen molar-refractivity contribution in [3.63, 3.8) is 0 Å². The second-order valence-corrected chi connectivity index (χ2v) is 6.91. The van der Waals surface area contributed by atoms with E-state index in [9.17, 15) is 4.79 Å². The summed E-state index contributed by atoms with van der Waals surface area (Å²) in [5.41, 5.74) is 1.01. The molecule has 100 valence electrons. The van der Waals surface area contributed by atoms with E-state index >= 15 is 0 Å². The van der Waals surface area contributed by atoms with Crippen LogP contribution >= 0.6 is 11.3 Å². The van der Waals surface area contributed by atoms with Gasteiger partial charge in [-0.25, -0.2) is 4.98 Å². The van der Waals surface area contributed by atoms with Crippen LogP contribution in [0.25, 0.3) is 0 Å². The predicted octanol–water partition coefficient (Wildman–Crippen LogP) is 2.90. The standard InChI is InChI=1S/C14H22N2OS/c1-9-16-11(8-18-9)10-6-5-7-14(2,3)13(15-4)12(10)17/h8,10,13,15H,5-7H2,1-4H3. The monoisotopic (exact) mass is 266 g/mol. The molecule has 3 nitrogen and oxygen atoms in total. The highest BCUT2D eigenvalue weighted by Crippen LogP contribution is 2.38. The van der Waals surface area contributed by atoms with Gasteiger partial charge in [0.2, 0.25) is 0 Å². The molecule has 1 fully saturated rings. The molecule has 2 rings (SSSR count). The number of aromatic nitrogens is 1. The molecule has 0 aliphatic heterocycles. The summed E-state index contributed by atoms with van der Waals surface area (Å²) in [4.78, 5) is 17.2. The van der Waals surface area contributed by atoms with Crippen LogP contribution in [0.15, 0.2) is 5.38 Å². The number of Topliss-reactive ketones (excluding diaryl/α,β-unsaturated/α-hetero) is 1. The fraction of sp³-hybridized carbons (Fsp3) is 0.714. The molecule has 1 saturated carbocycles. The first-order valence-corrected chi connectivity index (χ1v) is 7.46. The molecule has 0 bridgehead atoms. The lowest BCUT2D eigenvalue weighted by atomic mass is 9.79. The molecule has 0 aromatic carbocycles. The summed E-state index contributed by atoms with van der Waals surface area (Å²) < 4.78 is 0. The number of carbonyl (C=O) groups is 1. The van der Waals surface area contributed by atoms with E-state index in [-0.39, 0.29) is 17.4 Å². The van der Waals surface area contributed by atoms with Crippen LogP contribution in [-0.4, -0.2) is 23.9 Å². The molecule has 0 saturated heterocycles. The number of nitrogens with zero attached hydrogens (tertiary/aromatic N) is 1. The van der Waals surface area contributed by atoms with Gasteiger partial charge in [0.05, 0.1) is 22.7 Å². The highest BCUT2D eigenvalue weighted by molar-refractivity contribution is 7.09. The molecule has 1 heterocycles. The van der Waals surface area contributed by atoms with E-state index in [1.165, 1.54) is 0 Å². The summed E-state index contributed by atoms with van der Waals surface area (Å²) in [7, 11) is 1.89. The van der Waals surface area contributed by atoms with E-state index in [1.807, 2.05) is 19.4 Å². The topological polar surface area (TPSA) is 42.0 Å². The molecule has 1 aliphatic carbocycles. The average Bonchev–Trinajstić information content (AvgIpc) is 2.66. The number of ketones is 1. The summed E-state index contributed by atoms with van der Waals surface area (Å²) >= 11 is 1.63. The maximum Gasteiger partial charge on any atom is 0.159 e. The second kappa shape index (κ2) is 5.10. The van der Waals surface area contributed by atoms with Crippen molar-refractivity contribution in [1.82, 2.24) is 10.3 Å². The van der Waals surface area contributed by atoms with Crippen LogP contribution < -0.4 is 5.32 Å². The Kier molecular flexibility index (Phi) is 3.87. The Balaban J connectivity index is 2.30. The van der Waals surface area contributed by atoms with Gasteiger partial charge in [-0.05, 0) is 32.2 Å². The molecule has 2 atom stereocenters. The van der Waals surface area contributed by atoms with Crippen LogP contribution in [0, 0.1) is 12.3 Å². The van der Waals surface area contributed by atoms with Crippen molar-refractivity contribution in [1.29, 1.82) is 0 Å². The number of thiazole rings is 1. The zero-order valence-electron chi connectivity index (χ0n) is 11.6. The van der Waals surface area contributed by atoms with E-state index in [0.717, 1.165) is 30.0 Å². The van der Waals surface area contributed by atoms with Crippen LogP contribution in [0.3, 0.4) is 0 Å². The lowest BCUT2D eigenvalue weighted by molar-refractivity contribution is -0.124. The van der Waals surface area contributed by atoms with Gasteiger partial charge >= 0.3 is 0 Å². The lowest BCUT2D eigenvalue weighted by Gasteiger charge is -2.31. The number of aryl methyl sites for hydroxylation is 1. The Morgan fingerprint density at radius 3 is 2.78 bits per heavy atom. The van der Waals surface area contributed by atoms with Gasteiger partial charge in [-0.15, -0.1) is 11.3 Å². The third-order valence-electron chi connectivity index (χ3n) is 4.01. The largest absolute Gasteiger partial charge is 0.310 e. The van der Waals surface area contributed by atoms with Crippen LogP contribution in [-0.2, 0) is 4.79 Å². The minimum atomic E-state index is -0.0630. The molecule has 1 aliphatic rings. The number of carbonyl (C=O) groups excluding carboxylic acids is 1. The SMILES string of the molecule is CNC1C(=O)C(c2csc(C)n2)CCCC1(C)C. The van der Waals surface area contributed by atoms with Crippen molar-refractivity contribution in [3.05, 3.63) is 16.1 Å². The fourth-order valence-corrected chi connectivity index (χ4v) is 3.67. The normalized spacial score (nSPS) is 28.1. The van der Waals surface area contributed by atoms with E-state index in [4.69, 9.17) is 0 Å². The van der Waals surface area contributed by atoms with Gasteiger partial charge in [0.15, 0.2) is 5.78 Å². The van der Waals surface area contributed by atoms with E-state index in [0.29, 0.717) is 5.78 Å². The van der Waals surface area contributed by atoms with Crippen molar-refractivity contribution < 1.29 is 4.79 Å². The Labute approximate surface area is 113 Å². The zero-order chi connectivity index (χ0) is 13.3. The molecule has 1 aromatic rings. The van der Waals surface area contributed by atoms with Gasteiger partial charge < -0.3 is 5.32 Å². The van der Waals surface area contributed by atoms with Crippen molar-refractivity contribution in [2.24, 2.45) is 5.41 Å². The van der Waals surface area contributed by atoms with E-state index in [1.54, 1.807) is 11.3 Å².